The van der Waals surface area contributed by atoms with Gasteiger partial charge < -0.3 is 4.42 Å². The Bertz CT molecular complexity index is 497. The second kappa shape index (κ2) is 4.67. The van der Waals surface area contributed by atoms with E-state index < -0.39 is 16.5 Å². The molecular formula is C11H6Br2F2O. The van der Waals surface area contributed by atoms with E-state index in [-0.39, 0.29) is 10.0 Å². The Morgan fingerprint density at radius 2 is 1.94 bits per heavy atom. The molecule has 0 aliphatic rings. The second-order valence-electron chi connectivity index (χ2n) is 3.17. The molecule has 5 heteroatoms. The standard InChI is InChI=1S/C11H6Br2F2O/c12-7-5-8(14)6(4-9(7)15)11(13)10-2-1-3-16-10/h1-5,11H. The molecule has 0 fully saturated rings. The highest BCUT2D eigenvalue weighted by atomic mass is 79.9. The lowest BCUT2D eigenvalue weighted by Crippen LogP contribution is -1.97. The molecule has 1 atom stereocenters. The first-order chi connectivity index (χ1) is 7.59. The Morgan fingerprint density at radius 1 is 1.19 bits per heavy atom. The van der Waals surface area contributed by atoms with E-state index in [1.54, 1.807) is 12.1 Å². The molecule has 16 heavy (non-hydrogen) atoms. The molecule has 0 aliphatic heterocycles. The molecule has 0 amide bonds. The maximum atomic E-state index is 13.6. The molecule has 84 valence electrons. The molecule has 1 unspecified atom stereocenters. The molecule has 1 heterocycles. The summed E-state index contributed by atoms with van der Waals surface area (Å²) in [5.41, 5.74) is 0.204. The van der Waals surface area contributed by atoms with Gasteiger partial charge in [-0.3, -0.25) is 0 Å². The Hall–Kier alpha value is -0.680. The maximum absolute atomic E-state index is 13.6. The molecule has 1 nitrogen and oxygen atoms in total. The summed E-state index contributed by atoms with van der Waals surface area (Å²) in [5.74, 6) is -0.473. The van der Waals surface area contributed by atoms with E-state index in [9.17, 15) is 8.78 Å². The van der Waals surface area contributed by atoms with Crippen LogP contribution in [0.3, 0.4) is 0 Å². The van der Waals surface area contributed by atoms with Crippen LogP contribution in [0.2, 0.25) is 0 Å². The van der Waals surface area contributed by atoms with Crippen LogP contribution >= 0.6 is 31.9 Å². The SMILES string of the molecule is Fc1cc(C(Br)c2ccco2)c(F)cc1Br. The summed E-state index contributed by atoms with van der Waals surface area (Å²) in [6, 6.07) is 5.62. The largest absolute Gasteiger partial charge is 0.468 e. The van der Waals surface area contributed by atoms with Gasteiger partial charge in [-0.1, -0.05) is 15.9 Å². The van der Waals surface area contributed by atoms with Crippen molar-refractivity contribution in [2.24, 2.45) is 0 Å². The van der Waals surface area contributed by atoms with Gasteiger partial charge in [0.25, 0.3) is 0 Å². The summed E-state index contributed by atoms with van der Waals surface area (Å²) in [6.07, 6.45) is 1.48. The highest BCUT2D eigenvalue weighted by Gasteiger charge is 2.19. The third-order valence-electron chi connectivity index (χ3n) is 2.11. The number of alkyl halides is 1. The molecule has 1 aromatic heterocycles. The molecule has 0 radical (unpaired) electrons. The summed E-state index contributed by atoms with van der Waals surface area (Å²) in [6.45, 7) is 0. The van der Waals surface area contributed by atoms with Crippen LogP contribution < -0.4 is 0 Å². The molecule has 0 N–H and O–H groups in total. The van der Waals surface area contributed by atoms with Crippen molar-refractivity contribution in [1.82, 2.24) is 0 Å². The lowest BCUT2D eigenvalue weighted by atomic mass is 10.1. The lowest BCUT2D eigenvalue weighted by molar-refractivity contribution is 0.511. The van der Waals surface area contributed by atoms with Gasteiger partial charge in [0.2, 0.25) is 0 Å². The first kappa shape index (κ1) is 11.8. The predicted octanol–water partition coefficient (Wildman–Crippen LogP) is 4.80. The number of halogens is 4. The molecule has 1 aromatic carbocycles. The predicted molar refractivity (Wildman–Crippen MR) is 63.5 cm³/mol. The van der Waals surface area contributed by atoms with Gasteiger partial charge in [-0.25, -0.2) is 8.78 Å². The second-order valence-corrected chi connectivity index (χ2v) is 4.94. The number of benzene rings is 1. The minimum absolute atomic E-state index is 0.105. The summed E-state index contributed by atoms with van der Waals surface area (Å²) < 4.78 is 32.1. The topological polar surface area (TPSA) is 13.1 Å². The average Bonchev–Trinajstić information content (AvgIpc) is 2.75. The highest BCUT2D eigenvalue weighted by molar-refractivity contribution is 9.10. The summed E-state index contributed by atoms with van der Waals surface area (Å²) >= 11 is 6.19. The van der Waals surface area contributed by atoms with Crippen molar-refractivity contribution in [3.05, 3.63) is 58.0 Å². The zero-order valence-electron chi connectivity index (χ0n) is 7.88. The quantitative estimate of drug-likeness (QED) is 0.559. The van der Waals surface area contributed by atoms with Gasteiger partial charge >= 0.3 is 0 Å². The minimum Gasteiger partial charge on any atom is -0.468 e. The highest BCUT2D eigenvalue weighted by Crippen LogP contribution is 2.34. The van der Waals surface area contributed by atoms with Crippen LogP contribution in [0.25, 0.3) is 0 Å². The van der Waals surface area contributed by atoms with Gasteiger partial charge in [0, 0.05) is 5.56 Å². The van der Waals surface area contributed by atoms with Gasteiger partial charge in [0.1, 0.15) is 22.2 Å². The van der Waals surface area contributed by atoms with E-state index in [0.29, 0.717) is 5.76 Å². The summed E-state index contributed by atoms with van der Waals surface area (Å²) in [5, 5.41) is 0. The van der Waals surface area contributed by atoms with Crippen molar-refractivity contribution in [3.63, 3.8) is 0 Å². The van der Waals surface area contributed by atoms with Crippen molar-refractivity contribution in [2.75, 3.05) is 0 Å². The number of rotatable bonds is 2. The van der Waals surface area contributed by atoms with Crippen molar-refractivity contribution in [3.8, 4) is 0 Å². The normalized spacial score (nSPS) is 12.8. The molecule has 0 aliphatic carbocycles. The van der Waals surface area contributed by atoms with Crippen LogP contribution in [0.4, 0.5) is 8.78 Å². The van der Waals surface area contributed by atoms with E-state index in [0.717, 1.165) is 12.1 Å². The van der Waals surface area contributed by atoms with Crippen LogP contribution in [0.5, 0.6) is 0 Å². The summed E-state index contributed by atoms with van der Waals surface area (Å²) in [7, 11) is 0. The van der Waals surface area contributed by atoms with Crippen molar-refractivity contribution >= 4 is 31.9 Å². The molecule has 2 rings (SSSR count). The lowest BCUT2D eigenvalue weighted by Gasteiger charge is -2.09. The zero-order chi connectivity index (χ0) is 11.7. The molecule has 2 aromatic rings. The van der Waals surface area contributed by atoms with Crippen LogP contribution in [0.1, 0.15) is 16.2 Å². The minimum atomic E-state index is -0.507. The van der Waals surface area contributed by atoms with Crippen molar-refractivity contribution in [1.29, 1.82) is 0 Å². The van der Waals surface area contributed by atoms with E-state index in [2.05, 4.69) is 31.9 Å². The molecule has 0 saturated carbocycles. The van der Waals surface area contributed by atoms with E-state index in [4.69, 9.17) is 4.42 Å². The molecule has 0 spiro atoms. The number of furan rings is 1. The van der Waals surface area contributed by atoms with Crippen LogP contribution in [-0.4, -0.2) is 0 Å². The first-order valence-electron chi connectivity index (χ1n) is 4.41. The maximum Gasteiger partial charge on any atom is 0.137 e. The van der Waals surface area contributed by atoms with Crippen LogP contribution in [0, 0.1) is 11.6 Å². The fourth-order valence-electron chi connectivity index (χ4n) is 1.32. The molecular weight excluding hydrogens is 346 g/mol. The van der Waals surface area contributed by atoms with Crippen molar-refractivity contribution < 1.29 is 13.2 Å². The van der Waals surface area contributed by atoms with Crippen LogP contribution in [-0.2, 0) is 0 Å². The smallest absolute Gasteiger partial charge is 0.137 e. The average molecular weight is 352 g/mol. The fourth-order valence-corrected chi connectivity index (χ4v) is 2.25. The van der Waals surface area contributed by atoms with E-state index in [1.165, 1.54) is 6.26 Å². The van der Waals surface area contributed by atoms with Gasteiger partial charge in [-0.15, -0.1) is 0 Å². The van der Waals surface area contributed by atoms with Crippen molar-refractivity contribution in [2.45, 2.75) is 4.83 Å². The summed E-state index contributed by atoms with van der Waals surface area (Å²) in [4.78, 5) is -0.495. The van der Waals surface area contributed by atoms with E-state index >= 15 is 0 Å². The Balaban J connectivity index is 2.44. The van der Waals surface area contributed by atoms with Gasteiger partial charge in [0.15, 0.2) is 0 Å². The van der Waals surface area contributed by atoms with Crippen LogP contribution in [0.15, 0.2) is 39.4 Å². The molecule has 0 bridgehead atoms. The zero-order valence-corrected chi connectivity index (χ0v) is 11.1. The fraction of sp³-hybridized carbons (Fsp3) is 0.0909. The van der Waals surface area contributed by atoms with Gasteiger partial charge in [-0.2, -0.15) is 0 Å². The number of hydrogen-bond acceptors (Lipinski definition) is 1. The Kier molecular flexibility index (Phi) is 3.44. The molecule has 0 saturated heterocycles. The first-order valence-corrected chi connectivity index (χ1v) is 6.12. The third kappa shape index (κ3) is 2.20. The third-order valence-corrected chi connectivity index (χ3v) is 3.66. The Morgan fingerprint density at radius 3 is 2.56 bits per heavy atom. The number of hydrogen-bond donors (Lipinski definition) is 0. The Labute approximate surface area is 108 Å². The van der Waals surface area contributed by atoms with Gasteiger partial charge in [0.05, 0.1) is 10.7 Å². The van der Waals surface area contributed by atoms with Gasteiger partial charge in [-0.05, 0) is 40.2 Å². The van der Waals surface area contributed by atoms with E-state index in [1.807, 2.05) is 0 Å². The monoisotopic (exact) mass is 350 g/mol.